The van der Waals surface area contributed by atoms with Crippen LogP contribution in [0.25, 0.3) is 17.2 Å². The standard InChI is InChI=1S/C17H15/c1-12-6-3-9-15(13(12)2)17-11-5-8-14-7-4-10-16(14)17/h3-11H,1-2H3. The van der Waals surface area contributed by atoms with E-state index in [1.54, 1.807) is 0 Å². The van der Waals surface area contributed by atoms with E-state index in [2.05, 4.69) is 68.8 Å². The van der Waals surface area contributed by atoms with Gasteiger partial charge in [-0.15, -0.1) is 0 Å². The van der Waals surface area contributed by atoms with Crippen molar-refractivity contribution in [1.82, 2.24) is 0 Å². The Kier molecular flexibility index (Phi) is 2.36. The molecule has 0 N–H and O–H groups in total. The molecule has 1 aliphatic carbocycles. The molecule has 1 radical (unpaired) electrons. The van der Waals surface area contributed by atoms with Crippen molar-refractivity contribution in [2.45, 2.75) is 13.8 Å². The molecule has 0 saturated heterocycles. The van der Waals surface area contributed by atoms with Gasteiger partial charge in [-0.1, -0.05) is 48.6 Å². The lowest BCUT2D eigenvalue weighted by atomic mass is 9.92. The minimum absolute atomic E-state index is 1.32. The average Bonchev–Trinajstić information content (AvgIpc) is 2.81. The summed E-state index contributed by atoms with van der Waals surface area (Å²) in [5.41, 5.74) is 8.09. The number of aryl methyl sites for hydroxylation is 1. The van der Waals surface area contributed by atoms with Gasteiger partial charge in [0.1, 0.15) is 0 Å². The van der Waals surface area contributed by atoms with E-state index in [0.717, 1.165) is 0 Å². The molecule has 0 unspecified atom stereocenters. The SMILES string of the molecule is Cc1cccc(-c2cccc3c2C=C[CH]3)c1C. The van der Waals surface area contributed by atoms with E-state index in [4.69, 9.17) is 0 Å². The fourth-order valence-corrected chi connectivity index (χ4v) is 2.44. The summed E-state index contributed by atoms with van der Waals surface area (Å²) in [7, 11) is 0. The van der Waals surface area contributed by atoms with Crippen LogP contribution >= 0.6 is 0 Å². The quantitative estimate of drug-likeness (QED) is 0.660. The zero-order chi connectivity index (χ0) is 11.8. The number of hydrogen-bond donors (Lipinski definition) is 0. The Morgan fingerprint density at radius 2 is 1.59 bits per heavy atom. The molecule has 0 amide bonds. The topological polar surface area (TPSA) is 0 Å². The second-order valence-electron chi connectivity index (χ2n) is 4.58. The predicted octanol–water partition coefficient (Wildman–Crippen LogP) is 4.55. The fraction of sp³-hybridized carbons (Fsp3) is 0.118. The van der Waals surface area contributed by atoms with Crippen molar-refractivity contribution in [2.75, 3.05) is 0 Å². The van der Waals surface area contributed by atoms with Gasteiger partial charge >= 0.3 is 0 Å². The molecule has 17 heavy (non-hydrogen) atoms. The number of allylic oxidation sites excluding steroid dienone is 1. The highest BCUT2D eigenvalue weighted by Crippen LogP contribution is 2.34. The van der Waals surface area contributed by atoms with E-state index >= 15 is 0 Å². The summed E-state index contributed by atoms with van der Waals surface area (Å²) < 4.78 is 0. The van der Waals surface area contributed by atoms with Gasteiger partial charge in [-0.2, -0.15) is 0 Å². The van der Waals surface area contributed by atoms with Gasteiger partial charge in [0.25, 0.3) is 0 Å². The molecule has 0 bridgehead atoms. The molecular weight excluding hydrogens is 204 g/mol. The monoisotopic (exact) mass is 219 g/mol. The Bertz CT molecular complexity index is 603. The molecule has 0 aliphatic heterocycles. The molecule has 1 aliphatic rings. The summed E-state index contributed by atoms with van der Waals surface area (Å²) in [6, 6.07) is 13.0. The predicted molar refractivity (Wildman–Crippen MR) is 73.8 cm³/mol. The molecule has 83 valence electrons. The lowest BCUT2D eigenvalue weighted by Gasteiger charge is -2.12. The first-order chi connectivity index (χ1) is 8.27. The van der Waals surface area contributed by atoms with E-state index in [1.807, 2.05) is 0 Å². The Morgan fingerprint density at radius 1 is 0.824 bits per heavy atom. The van der Waals surface area contributed by atoms with Gasteiger partial charge in [0.15, 0.2) is 0 Å². The molecule has 0 spiro atoms. The molecule has 3 rings (SSSR count). The lowest BCUT2D eigenvalue weighted by molar-refractivity contribution is 1.34. The molecular formula is C17H15. The van der Waals surface area contributed by atoms with Gasteiger partial charge in [-0.25, -0.2) is 0 Å². The minimum Gasteiger partial charge on any atom is -0.0754 e. The minimum atomic E-state index is 1.32. The molecule has 0 heteroatoms. The van der Waals surface area contributed by atoms with Crippen molar-refractivity contribution >= 4 is 6.08 Å². The van der Waals surface area contributed by atoms with Crippen LogP contribution in [0.3, 0.4) is 0 Å². The third kappa shape index (κ3) is 1.61. The molecule has 2 aromatic carbocycles. The third-order valence-electron chi connectivity index (χ3n) is 3.57. The van der Waals surface area contributed by atoms with Crippen molar-refractivity contribution in [2.24, 2.45) is 0 Å². The number of rotatable bonds is 1. The van der Waals surface area contributed by atoms with E-state index < -0.39 is 0 Å². The summed E-state index contributed by atoms with van der Waals surface area (Å²) in [4.78, 5) is 0. The lowest BCUT2D eigenvalue weighted by Crippen LogP contribution is -1.90. The Labute approximate surface area is 103 Å². The van der Waals surface area contributed by atoms with Gasteiger partial charge in [0, 0.05) is 6.42 Å². The highest BCUT2D eigenvalue weighted by atomic mass is 14.2. The van der Waals surface area contributed by atoms with Gasteiger partial charge < -0.3 is 0 Å². The van der Waals surface area contributed by atoms with Crippen LogP contribution in [0.4, 0.5) is 0 Å². The van der Waals surface area contributed by atoms with Crippen molar-refractivity contribution in [1.29, 1.82) is 0 Å². The van der Waals surface area contributed by atoms with Crippen molar-refractivity contribution in [3.05, 3.63) is 71.1 Å². The molecule has 0 aromatic heterocycles. The van der Waals surface area contributed by atoms with Gasteiger partial charge in [-0.3, -0.25) is 0 Å². The normalized spacial score (nSPS) is 12.8. The first-order valence-corrected chi connectivity index (χ1v) is 5.98. The van der Waals surface area contributed by atoms with Crippen LogP contribution in [0.2, 0.25) is 0 Å². The van der Waals surface area contributed by atoms with Crippen LogP contribution in [0, 0.1) is 20.3 Å². The highest BCUT2D eigenvalue weighted by molar-refractivity contribution is 5.83. The summed E-state index contributed by atoms with van der Waals surface area (Å²) in [5, 5.41) is 0. The van der Waals surface area contributed by atoms with Gasteiger partial charge in [-0.05, 0) is 47.2 Å². The van der Waals surface area contributed by atoms with Crippen molar-refractivity contribution < 1.29 is 0 Å². The van der Waals surface area contributed by atoms with Crippen LogP contribution < -0.4 is 0 Å². The first-order valence-electron chi connectivity index (χ1n) is 5.98. The van der Waals surface area contributed by atoms with Crippen LogP contribution in [-0.4, -0.2) is 0 Å². The summed E-state index contributed by atoms with van der Waals surface area (Å²) in [5.74, 6) is 0. The van der Waals surface area contributed by atoms with Crippen molar-refractivity contribution in [3.8, 4) is 11.1 Å². The maximum absolute atomic E-state index is 2.21. The molecule has 2 aromatic rings. The zero-order valence-corrected chi connectivity index (χ0v) is 10.2. The maximum Gasteiger partial charge on any atom is 0.0131 e. The Balaban J connectivity index is 2.26. The summed E-state index contributed by atoms with van der Waals surface area (Å²) in [6.45, 7) is 4.37. The van der Waals surface area contributed by atoms with E-state index in [-0.39, 0.29) is 0 Å². The molecule has 0 heterocycles. The Hall–Kier alpha value is -1.82. The highest BCUT2D eigenvalue weighted by Gasteiger charge is 2.12. The van der Waals surface area contributed by atoms with E-state index in [0.29, 0.717) is 0 Å². The molecule has 0 fully saturated rings. The fourth-order valence-electron chi connectivity index (χ4n) is 2.44. The summed E-state index contributed by atoms with van der Waals surface area (Å²) >= 11 is 0. The average molecular weight is 219 g/mol. The second-order valence-corrected chi connectivity index (χ2v) is 4.58. The first kappa shape index (κ1) is 10.3. The molecule has 0 nitrogen and oxygen atoms in total. The van der Waals surface area contributed by atoms with Crippen LogP contribution in [-0.2, 0) is 0 Å². The van der Waals surface area contributed by atoms with Crippen LogP contribution in [0.1, 0.15) is 22.3 Å². The maximum atomic E-state index is 2.21. The second kappa shape index (κ2) is 3.89. The smallest absolute Gasteiger partial charge is 0.0131 e. The zero-order valence-electron chi connectivity index (χ0n) is 10.2. The van der Waals surface area contributed by atoms with Crippen LogP contribution in [0.15, 0.2) is 42.5 Å². The van der Waals surface area contributed by atoms with E-state index in [1.165, 1.54) is 33.4 Å². The number of benzene rings is 2. The largest absolute Gasteiger partial charge is 0.0754 e. The Morgan fingerprint density at radius 3 is 2.47 bits per heavy atom. The van der Waals surface area contributed by atoms with E-state index in [9.17, 15) is 0 Å². The van der Waals surface area contributed by atoms with Gasteiger partial charge in [0.05, 0.1) is 0 Å². The number of fused-ring (bicyclic) bond motifs is 1. The summed E-state index contributed by atoms with van der Waals surface area (Å²) in [6.07, 6.45) is 6.50. The third-order valence-corrected chi connectivity index (χ3v) is 3.57. The number of hydrogen-bond acceptors (Lipinski definition) is 0. The van der Waals surface area contributed by atoms with Crippen LogP contribution in [0.5, 0.6) is 0 Å². The van der Waals surface area contributed by atoms with Crippen molar-refractivity contribution in [3.63, 3.8) is 0 Å². The molecule has 0 atom stereocenters. The van der Waals surface area contributed by atoms with Gasteiger partial charge in [0.2, 0.25) is 0 Å². The molecule has 0 saturated carbocycles.